The van der Waals surface area contributed by atoms with Crippen LogP contribution < -0.4 is 10.1 Å². The number of rotatable bonds is 7. The standard InChI is InChI=1S/C22H26N2O4/c1-27-20-9-5-6-17(14-20)15-28-16-21(25)24-12-10-19(11-13-24)23-22(26)18-7-3-2-4-8-18/h2-9,14,19H,10-13,15-16H2,1H3,(H,23,26). The van der Waals surface area contributed by atoms with Gasteiger partial charge in [-0.25, -0.2) is 0 Å². The fourth-order valence-corrected chi connectivity index (χ4v) is 3.24. The van der Waals surface area contributed by atoms with Crippen LogP contribution in [0, 0.1) is 0 Å². The Hall–Kier alpha value is -2.86. The number of nitrogens with one attached hydrogen (secondary N) is 1. The number of methoxy groups -OCH3 is 1. The van der Waals surface area contributed by atoms with Crippen molar-refractivity contribution in [2.24, 2.45) is 0 Å². The molecule has 0 bridgehead atoms. The summed E-state index contributed by atoms with van der Waals surface area (Å²) in [5.41, 5.74) is 1.63. The number of carbonyl (C=O) groups is 2. The zero-order valence-corrected chi connectivity index (χ0v) is 16.1. The van der Waals surface area contributed by atoms with E-state index in [0.29, 0.717) is 25.3 Å². The quantitative estimate of drug-likeness (QED) is 0.799. The Bertz CT molecular complexity index is 786. The number of ether oxygens (including phenoxy) is 2. The van der Waals surface area contributed by atoms with Gasteiger partial charge in [0.05, 0.1) is 13.7 Å². The predicted octanol–water partition coefficient (Wildman–Crippen LogP) is 2.63. The van der Waals surface area contributed by atoms with E-state index >= 15 is 0 Å². The molecule has 0 atom stereocenters. The van der Waals surface area contributed by atoms with Gasteiger partial charge in [0.25, 0.3) is 5.91 Å². The van der Waals surface area contributed by atoms with Gasteiger partial charge in [-0.2, -0.15) is 0 Å². The molecule has 3 rings (SSSR count). The molecule has 0 saturated carbocycles. The minimum absolute atomic E-state index is 0.0178. The second kappa shape index (κ2) is 9.90. The lowest BCUT2D eigenvalue weighted by Gasteiger charge is -2.32. The lowest BCUT2D eigenvalue weighted by molar-refractivity contribution is -0.137. The number of hydrogen-bond acceptors (Lipinski definition) is 4. The summed E-state index contributed by atoms with van der Waals surface area (Å²) < 4.78 is 10.7. The summed E-state index contributed by atoms with van der Waals surface area (Å²) in [4.78, 5) is 26.4. The Morgan fingerprint density at radius 1 is 1.07 bits per heavy atom. The molecule has 2 aromatic rings. The van der Waals surface area contributed by atoms with Crippen LogP contribution >= 0.6 is 0 Å². The molecule has 148 valence electrons. The van der Waals surface area contributed by atoms with Crippen LogP contribution in [0.5, 0.6) is 5.75 Å². The minimum Gasteiger partial charge on any atom is -0.497 e. The molecule has 1 saturated heterocycles. The van der Waals surface area contributed by atoms with Crippen LogP contribution in [-0.4, -0.2) is 49.6 Å². The SMILES string of the molecule is COc1cccc(COCC(=O)N2CCC(NC(=O)c3ccccc3)CC2)c1. The Balaban J connectivity index is 1.38. The third-order valence-corrected chi connectivity index (χ3v) is 4.85. The van der Waals surface area contributed by atoms with Crippen molar-refractivity contribution in [1.82, 2.24) is 10.2 Å². The maximum absolute atomic E-state index is 12.4. The highest BCUT2D eigenvalue weighted by Crippen LogP contribution is 2.14. The van der Waals surface area contributed by atoms with Crippen LogP contribution in [0.2, 0.25) is 0 Å². The number of carbonyl (C=O) groups excluding carboxylic acids is 2. The van der Waals surface area contributed by atoms with E-state index in [1.54, 1.807) is 24.1 Å². The van der Waals surface area contributed by atoms with Crippen LogP contribution in [0.25, 0.3) is 0 Å². The molecular formula is C22H26N2O4. The number of likely N-dealkylation sites (tertiary alicyclic amines) is 1. The summed E-state index contributed by atoms with van der Waals surface area (Å²) in [7, 11) is 1.62. The molecule has 1 heterocycles. The number of amides is 2. The Morgan fingerprint density at radius 3 is 2.54 bits per heavy atom. The second-order valence-corrected chi connectivity index (χ2v) is 6.84. The Morgan fingerprint density at radius 2 is 1.82 bits per heavy atom. The van der Waals surface area contributed by atoms with Crippen LogP contribution in [0.3, 0.4) is 0 Å². The van der Waals surface area contributed by atoms with Gasteiger partial charge >= 0.3 is 0 Å². The summed E-state index contributed by atoms with van der Waals surface area (Å²) in [5, 5.41) is 3.05. The summed E-state index contributed by atoms with van der Waals surface area (Å²) in [6.45, 7) is 1.67. The lowest BCUT2D eigenvalue weighted by atomic mass is 10.0. The highest BCUT2D eigenvalue weighted by atomic mass is 16.5. The first kappa shape index (κ1) is 19.9. The highest BCUT2D eigenvalue weighted by molar-refractivity contribution is 5.94. The maximum atomic E-state index is 12.4. The zero-order chi connectivity index (χ0) is 19.8. The van der Waals surface area contributed by atoms with Crippen LogP contribution in [0.15, 0.2) is 54.6 Å². The third kappa shape index (κ3) is 5.57. The molecule has 0 aliphatic carbocycles. The summed E-state index contributed by atoms with van der Waals surface area (Å²) in [5.74, 6) is 0.690. The molecule has 6 nitrogen and oxygen atoms in total. The van der Waals surface area contributed by atoms with Crippen molar-refractivity contribution >= 4 is 11.8 Å². The molecule has 2 amide bonds. The van der Waals surface area contributed by atoms with Crippen LogP contribution in [-0.2, 0) is 16.1 Å². The van der Waals surface area contributed by atoms with Crippen molar-refractivity contribution in [1.29, 1.82) is 0 Å². The normalized spacial score (nSPS) is 14.5. The molecule has 6 heteroatoms. The Labute approximate surface area is 165 Å². The van der Waals surface area contributed by atoms with Crippen molar-refractivity contribution in [3.8, 4) is 5.75 Å². The molecular weight excluding hydrogens is 356 g/mol. The number of hydrogen-bond donors (Lipinski definition) is 1. The van der Waals surface area contributed by atoms with Crippen molar-refractivity contribution in [2.75, 3.05) is 26.8 Å². The minimum atomic E-state index is -0.0630. The zero-order valence-electron chi connectivity index (χ0n) is 16.1. The van der Waals surface area contributed by atoms with Gasteiger partial charge in [-0.1, -0.05) is 30.3 Å². The lowest BCUT2D eigenvalue weighted by Crippen LogP contribution is -2.47. The van der Waals surface area contributed by atoms with Gasteiger partial charge < -0.3 is 19.7 Å². The van der Waals surface area contributed by atoms with E-state index in [0.717, 1.165) is 24.2 Å². The van der Waals surface area contributed by atoms with E-state index < -0.39 is 0 Å². The van der Waals surface area contributed by atoms with Crippen LogP contribution in [0.4, 0.5) is 0 Å². The van der Waals surface area contributed by atoms with Gasteiger partial charge in [-0.15, -0.1) is 0 Å². The van der Waals surface area contributed by atoms with Gasteiger partial charge in [-0.05, 0) is 42.7 Å². The van der Waals surface area contributed by atoms with E-state index in [-0.39, 0.29) is 24.5 Å². The molecule has 0 aromatic heterocycles. The number of piperidine rings is 1. The summed E-state index contributed by atoms with van der Waals surface area (Å²) in [6, 6.07) is 16.9. The third-order valence-electron chi connectivity index (χ3n) is 4.85. The summed E-state index contributed by atoms with van der Waals surface area (Å²) in [6.07, 6.45) is 1.50. The molecule has 2 aromatic carbocycles. The second-order valence-electron chi connectivity index (χ2n) is 6.84. The fraction of sp³-hybridized carbons (Fsp3) is 0.364. The monoisotopic (exact) mass is 382 g/mol. The first-order valence-electron chi connectivity index (χ1n) is 9.50. The average Bonchev–Trinajstić information content (AvgIpc) is 2.75. The van der Waals surface area contributed by atoms with Crippen molar-refractivity contribution in [2.45, 2.75) is 25.5 Å². The fourth-order valence-electron chi connectivity index (χ4n) is 3.24. The average molecular weight is 382 g/mol. The van der Waals surface area contributed by atoms with E-state index in [1.807, 2.05) is 42.5 Å². The summed E-state index contributed by atoms with van der Waals surface area (Å²) >= 11 is 0. The van der Waals surface area contributed by atoms with E-state index in [9.17, 15) is 9.59 Å². The van der Waals surface area contributed by atoms with Gasteiger partial charge in [-0.3, -0.25) is 9.59 Å². The predicted molar refractivity (Wildman–Crippen MR) is 106 cm³/mol. The highest BCUT2D eigenvalue weighted by Gasteiger charge is 2.24. The van der Waals surface area contributed by atoms with Gasteiger partial charge in [0.15, 0.2) is 0 Å². The Kier molecular flexibility index (Phi) is 7.03. The van der Waals surface area contributed by atoms with Crippen molar-refractivity contribution in [3.63, 3.8) is 0 Å². The van der Waals surface area contributed by atoms with Crippen molar-refractivity contribution < 1.29 is 19.1 Å². The molecule has 1 N–H and O–H groups in total. The molecule has 0 radical (unpaired) electrons. The number of nitrogens with zero attached hydrogens (tertiary/aromatic N) is 1. The number of benzene rings is 2. The molecule has 1 fully saturated rings. The smallest absolute Gasteiger partial charge is 0.251 e. The van der Waals surface area contributed by atoms with Gasteiger partial charge in [0, 0.05) is 24.7 Å². The van der Waals surface area contributed by atoms with E-state index in [1.165, 1.54) is 0 Å². The molecule has 28 heavy (non-hydrogen) atoms. The van der Waals surface area contributed by atoms with Gasteiger partial charge in [0.1, 0.15) is 12.4 Å². The van der Waals surface area contributed by atoms with E-state index in [2.05, 4.69) is 5.32 Å². The van der Waals surface area contributed by atoms with E-state index in [4.69, 9.17) is 9.47 Å². The molecule has 1 aliphatic heterocycles. The van der Waals surface area contributed by atoms with Crippen molar-refractivity contribution in [3.05, 3.63) is 65.7 Å². The largest absolute Gasteiger partial charge is 0.497 e. The molecule has 1 aliphatic rings. The first-order chi connectivity index (χ1) is 13.7. The first-order valence-corrected chi connectivity index (χ1v) is 9.50. The van der Waals surface area contributed by atoms with Crippen LogP contribution in [0.1, 0.15) is 28.8 Å². The van der Waals surface area contributed by atoms with Gasteiger partial charge in [0.2, 0.25) is 5.91 Å². The maximum Gasteiger partial charge on any atom is 0.251 e. The molecule has 0 unspecified atom stereocenters. The molecule has 0 spiro atoms. The topological polar surface area (TPSA) is 67.9 Å².